The van der Waals surface area contributed by atoms with Gasteiger partial charge in [-0.1, -0.05) is 36.4 Å². The third-order valence-corrected chi connectivity index (χ3v) is 4.41. The van der Waals surface area contributed by atoms with Crippen LogP contribution in [0.3, 0.4) is 0 Å². The molecule has 0 radical (unpaired) electrons. The third kappa shape index (κ3) is 2.68. The van der Waals surface area contributed by atoms with Crippen molar-refractivity contribution in [3.05, 3.63) is 65.5 Å². The number of fused-ring (bicyclic) bond motifs is 1. The minimum Gasteiger partial charge on any atom is -0.370 e. The smallest absolute Gasteiger partial charge is 0.125 e. The van der Waals surface area contributed by atoms with Gasteiger partial charge in [0.05, 0.1) is 0 Å². The molecule has 2 aromatic rings. The van der Waals surface area contributed by atoms with Gasteiger partial charge in [0.2, 0.25) is 0 Å². The van der Waals surface area contributed by atoms with E-state index in [1.165, 1.54) is 11.1 Å². The second kappa shape index (κ2) is 5.88. The highest BCUT2D eigenvalue weighted by atomic mass is 32.1. The van der Waals surface area contributed by atoms with Gasteiger partial charge in [-0.15, -0.1) is 0 Å². The normalized spacial score (nSPS) is 15.2. The predicted octanol–water partition coefficient (Wildman–Crippen LogP) is 3.90. The molecular weight excluding hydrogens is 269 g/mol. The SMILES string of the molecule is Fc1ccc2c(c1)N(CC(CS)c1ccccc1)CC2. The van der Waals surface area contributed by atoms with Gasteiger partial charge in [-0.3, -0.25) is 0 Å². The Hall–Kier alpha value is -1.48. The van der Waals surface area contributed by atoms with E-state index in [1.807, 2.05) is 12.1 Å². The zero-order chi connectivity index (χ0) is 13.9. The highest BCUT2D eigenvalue weighted by Gasteiger charge is 2.22. The maximum Gasteiger partial charge on any atom is 0.125 e. The predicted molar refractivity (Wildman–Crippen MR) is 85.4 cm³/mol. The zero-order valence-electron chi connectivity index (χ0n) is 11.3. The molecular formula is C17H18FNS. The molecule has 104 valence electrons. The van der Waals surface area contributed by atoms with Crippen molar-refractivity contribution >= 4 is 18.3 Å². The quantitative estimate of drug-likeness (QED) is 0.835. The average molecular weight is 287 g/mol. The van der Waals surface area contributed by atoms with Gasteiger partial charge in [0.15, 0.2) is 0 Å². The Bertz CT molecular complexity index is 585. The van der Waals surface area contributed by atoms with Crippen LogP contribution in [0, 0.1) is 5.82 Å². The standard InChI is InChI=1S/C17H18FNS/c18-16-7-6-14-8-9-19(17(14)10-16)11-15(12-20)13-4-2-1-3-5-13/h1-7,10,15,20H,8-9,11-12H2. The van der Waals surface area contributed by atoms with Crippen LogP contribution in [0.25, 0.3) is 0 Å². The van der Waals surface area contributed by atoms with Crippen LogP contribution in [-0.2, 0) is 6.42 Å². The maximum absolute atomic E-state index is 13.4. The number of hydrogen-bond acceptors (Lipinski definition) is 2. The summed E-state index contributed by atoms with van der Waals surface area (Å²) in [5, 5.41) is 0. The molecule has 1 nitrogen and oxygen atoms in total. The first-order chi connectivity index (χ1) is 9.78. The fraction of sp³-hybridized carbons (Fsp3) is 0.294. The molecule has 3 heteroatoms. The molecule has 0 spiro atoms. The van der Waals surface area contributed by atoms with Crippen molar-refractivity contribution in [3.8, 4) is 0 Å². The van der Waals surface area contributed by atoms with E-state index in [4.69, 9.17) is 0 Å². The number of benzene rings is 2. The Morgan fingerprint density at radius 2 is 1.95 bits per heavy atom. The number of thiol groups is 1. The van der Waals surface area contributed by atoms with Crippen molar-refractivity contribution in [2.75, 3.05) is 23.7 Å². The fourth-order valence-corrected chi connectivity index (χ4v) is 3.19. The molecule has 3 rings (SSSR count). The lowest BCUT2D eigenvalue weighted by Gasteiger charge is -2.25. The Labute approximate surface area is 124 Å². The fourth-order valence-electron chi connectivity index (χ4n) is 2.87. The molecule has 1 heterocycles. The summed E-state index contributed by atoms with van der Waals surface area (Å²) in [6, 6.07) is 15.5. The summed E-state index contributed by atoms with van der Waals surface area (Å²) < 4.78 is 13.4. The molecule has 1 atom stereocenters. The van der Waals surface area contributed by atoms with E-state index in [2.05, 4.69) is 41.8 Å². The Kier molecular flexibility index (Phi) is 3.97. The summed E-state index contributed by atoms with van der Waals surface area (Å²) in [6.45, 7) is 1.86. The molecule has 0 N–H and O–H groups in total. The highest BCUT2D eigenvalue weighted by molar-refractivity contribution is 7.80. The van der Waals surface area contributed by atoms with Crippen LogP contribution in [0.2, 0.25) is 0 Å². The van der Waals surface area contributed by atoms with Gasteiger partial charge in [0.1, 0.15) is 5.82 Å². The van der Waals surface area contributed by atoms with E-state index in [-0.39, 0.29) is 5.82 Å². The monoisotopic (exact) mass is 287 g/mol. The number of hydrogen-bond donors (Lipinski definition) is 1. The van der Waals surface area contributed by atoms with E-state index in [9.17, 15) is 4.39 Å². The largest absolute Gasteiger partial charge is 0.370 e. The summed E-state index contributed by atoms with van der Waals surface area (Å²) in [7, 11) is 0. The minimum absolute atomic E-state index is 0.155. The van der Waals surface area contributed by atoms with Gasteiger partial charge in [0.25, 0.3) is 0 Å². The van der Waals surface area contributed by atoms with Crippen molar-refractivity contribution in [2.24, 2.45) is 0 Å². The second-order valence-corrected chi connectivity index (χ2v) is 5.62. The first kappa shape index (κ1) is 13.5. The van der Waals surface area contributed by atoms with E-state index in [1.54, 1.807) is 12.1 Å². The molecule has 0 amide bonds. The molecule has 1 unspecified atom stereocenters. The zero-order valence-corrected chi connectivity index (χ0v) is 12.2. The summed E-state index contributed by atoms with van der Waals surface area (Å²) in [5.74, 6) is 1.01. The maximum atomic E-state index is 13.4. The molecule has 0 saturated carbocycles. The molecule has 0 saturated heterocycles. The Morgan fingerprint density at radius 3 is 2.70 bits per heavy atom. The topological polar surface area (TPSA) is 3.24 Å². The van der Waals surface area contributed by atoms with Gasteiger partial charge in [-0.2, -0.15) is 12.6 Å². The lowest BCUT2D eigenvalue weighted by atomic mass is 10.0. The van der Waals surface area contributed by atoms with Crippen LogP contribution in [0.5, 0.6) is 0 Å². The first-order valence-electron chi connectivity index (χ1n) is 6.97. The minimum atomic E-state index is -0.155. The molecule has 1 aliphatic heterocycles. The molecule has 0 bridgehead atoms. The molecule has 0 aliphatic carbocycles. The van der Waals surface area contributed by atoms with E-state index in [0.29, 0.717) is 5.92 Å². The summed E-state index contributed by atoms with van der Waals surface area (Å²) in [4.78, 5) is 2.28. The lowest BCUT2D eigenvalue weighted by Crippen LogP contribution is -2.27. The second-order valence-electron chi connectivity index (χ2n) is 5.26. The van der Waals surface area contributed by atoms with Crippen LogP contribution in [-0.4, -0.2) is 18.8 Å². The third-order valence-electron chi connectivity index (χ3n) is 3.97. The van der Waals surface area contributed by atoms with Crippen molar-refractivity contribution in [1.29, 1.82) is 0 Å². The number of halogens is 1. The van der Waals surface area contributed by atoms with Crippen molar-refractivity contribution in [3.63, 3.8) is 0 Å². The Balaban J connectivity index is 1.81. The molecule has 0 aromatic heterocycles. The highest BCUT2D eigenvalue weighted by Crippen LogP contribution is 2.31. The molecule has 0 fully saturated rings. The van der Waals surface area contributed by atoms with Gasteiger partial charge in [0, 0.05) is 24.7 Å². The van der Waals surface area contributed by atoms with Gasteiger partial charge < -0.3 is 4.90 Å². The van der Waals surface area contributed by atoms with E-state index in [0.717, 1.165) is 31.0 Å². The molecule has 20 heavy (non-hydrogen) atoms. The number of nitrogens with zero attached hydrogens (tertiary/aromatic N) is 1. The van der Waals surface area contributed by atoms with Gasteiger partial charge in [-0.05, 0) is 35.4 Å². The van der Waals surface area contributed by atoms with Crippen LogP contribution in [0.1, 0.15) is 17.0 Å². The number of rotatable bonds is 4. The molecule has 2 aromatic carbocycles. The van der Waals surface area contributed by atoms with Gasteiger partial charge in [-0.25, -0.2) is 4.39 Å². The van der Waals surface area contributed by atoms with Crippen LogP contribution in [0.4, 0.5) is 10.1 Å². The lowest BCUT2D eigenvalue weighted by molar-refractivity contribution is 0.626. The van der Waals surface area contributed by atoms with E-state index < -0.39 is 0 Å². The van der Waals surface area contributed by atoms with Crippen molar-refractivity contribution in [1.82, 2.24) is 0 Å². The summed E-state index contributed by atoms with van der Waals surface area (Å²) in [5.41, 5.74) is 3.59. The van der Waals surface area contributed by atoms with E-state index >= 15 is 0 Å². The van der Waals surface area contributed by atoms with Crippen LogP contribution in [0.15, 0.2) is 48.5 Å². The first-order valence-corrected chi connectivity index (χ1v) is 7.60. The average Bonchev–Trinajstić information content (AvgIpc) is 2.88. The van der Waals surface area contributed by atoms with Crippen LogP contribution >= 0.6 is 12.6 Å². The summed E-state index contributed by atoms with van der Waals surface area (Å²) >= 11 is 4.49. The summed E-state index contributed by atoms with van der Waals surface area (Å²) in [6.07, 6.45) is 1.00. The van der Waals surface area contributed by atoms with Crippen LogP contribution < -0.4 is 4.90 Å². The van der Waals surface area contributed by atoms with Crippen molar-refractivity contribution < 1.29 is 4.39 Å². The molecule has 1 aliphatic rings. The van der Waals surface area contributed by atoms with Crippen molar-refractivity contribution in [2.45, 2.75) is 12.3 Å². The Morgan fingerprint density at radius 1 is 1.15 bits per heavy atom. The number of anilines is 1. The van der Waals surface area contributed by atoms with Gasteiger partial charge >= 0.3 is 0 Å².